The molecule has 0 aliphatic heterocycles. The van der Waals surface area contributed by atoms with Crippen LogP contribution in [0.15, 0.2) is 12.4 Å². The van der Waals surface area contributed by atoms with Gasteiger partial charge in [-0.3, -0.25) is 4.68 Å². The van der Waals surface area contributed by atoms with Crippen molar-refractivity contribution in [3.63, 3.8) is 0 Å². The van der Waals surface area contributed by atoms with Gasteiger partial charge in [-0.1, -0.05) is 0 Å². The monoisotopic (exact) mass is 211 g/mol. The summed E-state index contributed by atoms with van der Waals surface area (Å²) in [6.45, 7) is 7.72. The van der Waals surface area contributed by atoms with Gasteiger partial charge in [0.1, 0.15) is 0 Å². The first-order valence-electron chi connectivity index (χ1n) is 5.44. The van der Waals surface area contributed by atoms with Gasteiger partial charge in [-0.05, 0) is 27.8 Å². The lowest BCUT2D eigenvalue weighted by Gasteiger charge is -2.07. The van der Waals surface area contributed by atoms with Crippen molar-refractivity contribution in [2.75, 3.05) is 13.7 Å². The molecule has 1 rings (SSSR count). The first kappa shape index (κ1) is 12.2. The molecule has 0 bridgehead atoms. The van der Waals surface area contributed by atoms with E-state index in [4.69, 9.17) is 4.74 Å². The molecule has 1 heterocycles. The molecule has 1 N–H and O–H groups in total. The fraction of sp³-hybridized carbons (Fsp3) is 0.727. The molecule has 1 atom stereocenters. The van der Waals surface area contributed by atoms with E-state index in [1.165, 1.54) is 5.56 Å². The fourth-order valence-corrected chi connectivity index (χ4v) is 1.27. The summed E-state index contributed by atoms with van der Waals surface area (Å²) in [7, 11) is 1.95. The van der Waals surface area contributed by atoms with Crippen molar-refractivity contribution >= 4 is 0 Å². The van der Waals surface area contributed by atoms with Crippen LogP contribution in [0.2, 0.25) is 0 Å². The van der Waals surface area contributed by atoms with E-state index >= 15 is 0 Å². The van der Waals surface area contributed by atoms with Crippen LogP contribution in [0.3, 0.4) is 0 Å². The minimum Gasteiger partial charge on any atom is -0.377 e. The molecule has 4 heteroatoms. The Morgan fingerprint density at radius 1 is 1.47 bits per heavy atom. The van der Waals surface area contributed by atoms with E-state index in [0.29, 0.717) is 12.6 Å². The molecular formula is C11H21N3O. The summed E-state index contributed by atoms with van der Waals surface area (Å²) in [6.07, 6.45) is 4.25. The molecule has 0 aromatic carbocycles. The summed E-state index contributed by atoms with van der Waals surface area (Å²) in [6, 6.07) is 0.352. The van der Waals surface area contributed by atoms with Gasteiger partial charge in [-0.15, -0.1) is 0 Å². The fourth-order valence-electron chi connectivity index (χ4n) is 1.27. The van der Waals surface area contributed by atoms with Crippen LogP contribution >= 0.6 is 0 Å². The Morgan fingerprint density at radius 2 is 2.20 bits per heavy atom. The lowest BCUT2D eigenvalue weighted by molar-refractivity contribution is 0.0709. The highest BCUT2D eigenvalue weighted by Crippen LogP contribution is 2.09. The molecule has 0 aliphatic rings. The normalized spacial score (nSPS) is 13.4. The average molecular weight is 211 g/mol. The highest BCUT2D eigenvalue weighted by atomic mass is 16.5. The van der Waals surface area contributed by atoms with Gasteiger partial charge in [0.25, 0.3) is 0 Å². The molecule has 0 saturated carbocycles. The molecule has 15 heavy (non-hydrogen) atoms. The van der Waals surface area contributed by atoms with Crippen LogP contribution < -0.4 is 5.32 Å². The Balaban J connectivity index is 2.39. The quantitative estimate of drug-likeness (QED) is 0.776. The maximum atomic E-state index is 5.47. The van der Waals surface area contributed by atoms with Gasteiger partial charge >= 0.3 is 0 Å². The number of hydrogen-bond acceptors (Lipinski definition) is 3. The van der Waals surface area contributed by atoms with Crippen LogP contribution in [-0.2, 0) is 11.3 Å². The molecule has 86 valence electrons. The predicted molar refractivity (Wildman–Crippen MR) is 60.8 cm³/mol. The third kappa shape index (κ3) is 4.01. The maximum absolute atomic E-state index is 5.47. The van der Waals surface area contributed by atoms with Gasteiger partial charge in [-0.25, -0.2) is 0 Å². The Kier molecular flexibility index (Phi) is 4.78. The Labute approximate surface area is 91.6 Å². The molecular weight excluding hydrogens is 190 g/mol. The third-order valence-corrected chi connectivity index (χ3v) is 2.36. The molecule has 0 amide bonds. The van der Waals surface area contributed by atoms with Crippen LogP contribution in [-0.4, -0.2) is 29.5 Å². The van der Waals surface area contributed by atoms with Gasteiger partial charge in [0, 0.05) is 17.8 Å². The SMILES string of the molecule is CNC(C)c1cnn(CCOC(C)C)c1. The van der Waals surface area contributed by atoms with Crippen LogP contribution in [0.5, 0.6) is 0 Å². The van der Waals surface area contributed by atoms with Crippen molar-refractivity contribution in [3.05, 3.63) is 18.0 Å². The second-order valence-electron chi connectivity index (χ2n) is 3.97. The Hall–Kier alpha value is -0.870. The van der Waals surface area contributed by atoms with Crippen molar-refractivity contribution in [2.45, 2.75) is 39.5 Å². The van der Waals surface area contributed by atoms with E-state index in [-0.39, 0.29) is 6.10 Å². The van der Waals surface area contributed by atoms with Gasteiger partial charge in [-0.2, -0.15) is 5.10 Å². The average Bonchev–Trinajstić information content (AvgIpc) is 2.65. The number of nitrogens with zero attached hydrogens (tertiary/aromatic N) is 2. The number of nitrogens with one attached hydrogen (secondary N) is 1. The first-order chi connectivity index (χ1) is 7.13. The van der Waals surface area contributed by atoms with Gasteiger partial charge in [0.15, 0.2) is 0 Å². The summed E-state index contributed by atoms with van der Waals surface area (Å²) in [5.74, 6) is 0. The van der Waals surface area contributed by atoms with Crippen molar-refractivity contribution in [2.24, 2.45) is 0 Å². The summed E-state index contributed by atoms with van der Waals surface area (Å²) < 4.78 is 7.39. The largest absolute Gasteiger partial charge is 0.377 e. The number of hydrogen-bond donors (Lipinski definition) is 1. The third-order valence-electron chi connectivity index (χ3n) is 2.36. The highest BCUT2D eigenvalue weighted by molar-refractivity contribution is 5.08. The summed E-state index contributed by atoms with van der Waals surface area (Å²) in [4.78, 5) is 0. The van der Waals surface area contributed by atoms with Crippen molar-refractivity contribution in [1.82, 2.24) is 15.1 Å². The molecule has 0 aliphatic carbocycles. The van der Waals surface area contributed by atoms with Crippen molar-refractivity contribution in [3.8, 4) is 0 Å². The topological polar surface area (TPSA) is 39.1 Å². The lowest BCUT2D eigenvalue weighted by Crippen LogP contribution is -2.12. The summed E-state index contributed by atoms with van der Waals surface area (Å²) in [5, 5.41) is 7.46. The van der Waals surface area contributed by atoms with E-state index < -0.39 is 0 Å². The van der Waals surface area contributed by atoms with E-state index in [0.717, 1.165) is 6.54 Å². The molecule has 0 fully saturated rings. The second-order valence-corrected chi connectivity index (χ2v) is 3.97. The predicted octanol–water partition coefficient (Wildman–Crippen LogP) is 1.59. The zero-order valence-electron chi connectivity index (χ0n) is 10.0. The number of ether oxygens (including phenoxy) is 1. The summed E-state index contributed by atoms with van der Waals surface area (Å²) >= 11 is 0. The van der Waals surface area contributed by atoms with E-state index in [2.05, 4.69) is 23.5 Å². The van der Waals surface area contributed by atoms with E-state index in [9.17, 15) is 0 Å². The van der Waals surface area contributed by atoms with Crippen LogP contribution in [0, 0.1) is 0 Å². The van der Waals surface area contributed by atoms with Crippen molar-refractivity contribution < 1.29 is 4.74 Å². The van der Waals surface area contributed by atoms with Crippen LogP contribution in [0.1, 0.15) is 32.4 Å². The standard InChI is InChI=1S/C11H21N3O/c1-9(2)15-6-5-14-8-11(7-13-14)10(3)12-4/h7-10,12H,5-6H2,1-4H3. The second kappa shape index (κ2) is 5.88. The molecule has 1 aromatic rings. The Morgan fingerprint density at radius 3 is 2.80 bits per heavy atom. The smallest absolute Gasteiger partial charge is 0.0666 e. The molecule has 0 saturated heterocycles. The Bertz CT molecular complexity index is 283. The van der Waals surface area contributed by atoms with Crippen LogP contribution in [0.25, 0.3) is 0 Å². The van der Waals surface area contributed by atoms with Crippen LogP contribution in [0.4, 0.5) is 0 Å². The van der Waals surface area contributed by atoms with Crippen molar-refractivity contribution in [1.29, 1.82) is 0 Å². The lowest BCUT2D eigenvalue weighted by atomic mass is 10.2. The molecule has 0 radical (unpaired) electrons. The molecule has 4 nitrogen and oxygen atoms in total. The number of aromatic nitrogens is 2. The zero-order valence-corrected chi connectivity index (χ0v) is 10.0. The zero-order chi connectivity index (χ0) is 11.3. The molecule has 1 unspecified atom stereocenters. The maximum Gasteiger partial charge on any atom is 0.0666 e. The molecule has 1 aromatic heterocycles. The van der Waals surface area contributed by atoms with Gasteiger partial charge < -0.3 is 10.1 Å². The molecule has 0 spiro atoms. The minimum atomic E-state index is 0.288. The summed E-state index contributed by atoms with van der Waals surface area (Å²) in [5.41, 5.74) is 1.21. The van der Waals surface area contributed by atoms with Gasteiger partial charge in [0.2, 0.25) is 0 Å². The number of rotatable bonds is 6. The first-order valence-corrected chi connectivity index (χ1v) is 5.44. The van der Waals surface area contributed by atoms with Gasteiger partial charge in [0.05, 0.1) is 25.5 Å². The minimum absolute atomic E-state index is 0.288. The highest BCUT2D eigenvalue weighted by Gasteiger charge is 2.05. The van der Waals surface area contributed by atoms with E-state index in [1.54, 1.807) is 0 Å². The van der Waals surface area contributed by atoms with E-state index in [1.807, 2.05) is 31.8 Å².